The normalized spacial score (nSPS) is 14.1. The average Bonchev–Trinajstić information content (AvgIpc) is 3.88. The monoisotopic (exact) mass is 1030 g/mol. The van der Waals surface area contributed by atoms with Gasteiger partial charge in [0.2, 0.25) is 6.71 Å². The molecule has 79 heavy (non-hydrogen) atoms. The molecule has 394 valence electrons. The van der Waals surface area contributed by atoms with Gasteiger partial charge in [0, 0.05) is 32.8 Å². The van der Waals surface area contributed by atoms with Crippen molar-refractivity contribution < 1.29 is 0 Å². The Hall–Kier alpha value is -7.16. The highest BCUT2D eigenvalue weighted by molar-refractivity contribution is 6.98. The van der Waals surface area contributed by atoms with Crippen molar-refractivity contribution in [3.05, 3.63) is 215 Å². The van der Waals surface area contributed by atoms with Crippen LogP contribution in [0.15, 0.2) is 176 Å². The average molecular weight is 1030 g/mol. The minimum absolute atomic E-state index is 0.0702. The van der Waals surface area contributed by atoms with E-state index in [1.54, 1.807) is 11.1 Å². The smallest absolute Gasteiger partial charge is 0.247 e. The van der Waals surface area contributed by atoms with Crippen LogP contribution < -0.4 is 16.4 Å². The molecule has 0 saturated carbocycles. The lowest BCUT2D eigenvalue weighted by atomic mass is 9.34. The molecule has 0 bridgehead atoms. The number of aryl methyl sites for hydroxylation is 3. The largest absolute Gasteiger partial charge is 0.310 e. The fourth-order valence-electron chi connectivity index (χ4n) is 15.5. The van der Waals surface area contributed by atoms with Crippen LogP contribution >= 0.6 is 0 Å². The predicted octanol–water partition coefficient (Wildman–Crippen LogP) is 19.6. The van der Waals surface area contributed by atoms with Crippen LogP contribution in [0.1, 0.15) is 157 Å². The first kappa shape index (κ1) is 51.3. The molecule has 13 rings (SSSR count). The Balaban J connectivity index is 0.807. The van der Waals surface area contributed by atoms with Crippen molar-refractivity contribution in [1.82, 2.24) is 4.57 Å². The van der Waals surface area contributed by atoms with Crippen LogP contribution in [0.25, 0.3) is 83.1 Å². The summed E-state index contributed by atoms with van der Waals surface area (Å²) in [5, 5.41) is 2.64. The number of nitrogens with zero attached hydrogens (tertiary/aromatic N) is 1. The summed E-state index contributed by atoms with van der Waals surface area (Å²) in [4.78, 5) is 0. The highest BCUT2D eigenvalue weighted by atomic mass is 15.0. The first-order valence-electron chi connectivity index (χ1n) is 30.5. The Morgan fingerprint density at radius 3 is 1.51 bits per heavy atom. The van der Waals surface area contributed by atoms with Gasteiger partial charge in [0.15, 0.2) is 0 Å². The van der Waals surface area contributed by atoms with Gasteiger partial charge in [-0.25, -0.2) is 0 Å². The Bertz CT molecular complexity index is 3910. The van der Waals surface area contributed by atoms with Gasteiger partial charge >= 0.3 is 0 Å². The van der Waals surface area contributed by atoms with Gasteiger partial charge in [-0.15, -0.1) is 0 Å². The topological polar surface area (TPSA) is 4.93 Å². The van der Waals surface area contributed by atoms with E-state index in [0.29, 0.717) is 0 Å². The van der Waals surface area contributed by atoms with Crippen molar-refractivity contribution in [3.63, 3.8) is 0 Å². The summed E-state index contributed by atoms with van der Waals surface area (Å²) < 4.78 is 2.54. The number of para-hydroxylation sites is 2. The van der Waals surface area contributed by atoms with Gasteiger partial charge in [0.1, 0.15) is 0 Å². The summed E-state index contributed by atoms with van der Waals surface area (Å²) in [5.41, 5.74) is 31.4. The van der Waals surface area contributed by atoms with E-state index in [1.165, 1.54) is 217 Å². The van der Waals surface area contributed by atoms with Crippen LogP contribution in [0, 0.1) is 20.8 Å². The van der Waals surface area contributed by atoms with E-state index in [0.717, 1.165) is 0 Å². The number of aromatic nitrogens is 1. The molecule has 0 N–H and O–H groups in total. The summed E-state index contributed by atoms with van der Waals surface area (Å²) in [6.45, 7) is 16.5. The molecule has 2 heteroatoms. The number of hydrogen-bond acceptors (Lipinski definition) is 0. The third kappa shape index (κ3) is 8.67. The molecule has 3 aliphatic rings. The van der Waals surface area contributed by atoms with Crippen molar-refractivity contribution in [3.8, 4) is 61.3 Å². The van der Waals surface area contributed by atoms with Crippen LogP contribution in [0.2, 0.25) is 0 Å². The maximum absolute atomic E-state index is 2.64. The Morgan fingerprint density at radius 2 is 0.873 bits per heavy atom. The zero-order valence-electron chi connectivity index (χ0n) is 48.2. The van der Waals surface area contributed by atoms with Crippen LogP contribution in [0.5, 0.6) is 0 Å². The van der Waals surface area contributed by atoms with Crippen LogP contribution in [0.4, 0.5) is 0 Å². The van der Waals surface area contributed by atoms with E-state index in [2.05, 4.69) is 229 Å². The van der Waals surface area contributed by atoms with Gasteiger partial charge in [0.05, 0.1) is 5.52 Å². The minimum atomic E-state index is -0.147. The van der Waals surface area contributed by atoms with Crippen LogP contribution in [-0.2, 0) is 10.8 Å². The third-order valence-electron chi connectivity index (χ3n) is 19.4. The van der Waals surface area contributed by atoms with Gasteiger partial charge < -0.3 is 4.57 Å². The molecule has 0 spiro atoms. The van der Waals surface area contributed by atoms with Crippen molar-refractivity contribution >= 4 is 44.9 Å². The van der Waals surface area contributed by atoms with E-state index < -0.39 is 0 Å². The first-order valence-corrected chi connectivity index (χ1v) is 30.5. The lowest BCUT2D eigenvalue weighted by Gasteiger charge is -2.33. The summed E-state index contributed by atoms with van der Waals surface area (Å²) in [7, 11) is 0. The first-order chi connectivity index (χ1) is 38.6. The molecule has 0 radical (unpaired) electrons. The highest BCUT2D eigenvalue weighted by Gasteiger charge is 2.43. The van der Waals surface area contributed by atoms with E-state index in [9.17, 15) is 0 Å². The molecule has 1 aliphatic heterocycles. The van der Waals surface area contributed by atoms with Crippen molar-refractivity contribution in [2.45, 2.75) is 149 Å². The lowest BCUT2D eigenvalue weighted by molar-refractivity contribution is 0.398. The van der Waals surface area contributed by atoms with Gasteiger partial charge in [-0.1, -0.05) is 272 Å². The van der Waals surface area contributed by atoms with E-state index in [-0.39, 0.29) is 17.5 Å². The molecule has 1 nitrogen and oxygen atoms in total. The van der Waals surface area contributed by atoms with E-state index in [1.807, 2.05) is 0 Å². The maximum Gasteiger partial charge on any atom is 0.247 e. The van der Waals surface area contributed by atoms with Crippen LogP contribution in [0.3, 0.4) is 0 Å². The molecular weight excluding hydrogens is 950 g/mol. The number of rotatable bonds is 18. The quantitative estimate of drug-likeness (QED) is 0.0596. The summed E-state index contributed by atoms with van der Waals surface area (Å²) >= 11 is 0. The van der Waals surface area contributed by atoms with Crippen molar-refractivity contribution in [2.24, 2.45) is 0 Å². The molecule has 0 fully saturated rings. The van der Waals surface area contributed by atoms with E-state index in [4.69, 9.17) is 0 Å². The number of hydrogen-bond donors (Lipinski definition) is 0. The number of unbranched alkanes of at least 4 members (excludes halogenated alkanes) is 10. The summed E-state index contributed by atoms with van der Waals surface area (Å²) in [6, 6.07) is 68.9. The van der Waals surface area contributed by atoms with Gasteiger partial charge in [0.25, 0.3) is 0 Å². The third-order valence-corrected chi connectivity index (χ3v) is 19.4. The number of fused-ring (bicyclic) bond motifs is 11. The Morgan fingerprint density at radius 1 is 0.392 bits per heavy atom. The molecule has 0 atom stereocenters. The zero-order valence-corrected chi connectivity index (χ0v) is 48.2. The second kappa shape index (κ2) is 20.8. The molecule has 2 aliphatic carbocycles. The van der Waals surface area contributed by atoms with Crippen LogP contribution in [-0.4, -0.2) is 11.3 Å². The van der Waals surface area contributed by atoms with Gasteiger partial charge in [-0.2, -0.15) is 0 Å². The standard InChI is InChI=1S/C77H78BN/c1-8-10-12-14-16-22-43-77(44-23-17-15-13-11-9-2)66-28-20-18-25-60(66)63-41-37-58(49-69(63)77)57-36-40-62-61-39-35-56(47-67(61)76(6,7)68(62)48-57)54-31-33-55(34-32-54)59-38-42-73-71(50-59)78(74-52(4)45-51(3)46-53(74)5)70-29-24-27-65-64-26-19-21-30-72(64)79(73)75(65)70/h18-21,24-42,45-50H,8-17,22-23,43-44H2,1-7H3. The van der Waals surface area contributed by atoms with Crippen molar-refractivity contribution in [2.75, 3.05) is 0 Å². The maximum atomic E-state index is 2.64. The second-order valence-electron chi connectivity index (χ2n) is 24.8. The molecule has 0 unspecified atom stereocenters. The highest BCUT2D eigenvalue weighted by Crippen LogP contribution is 2.56. The van der Waals surface area contributed by atoms with Crippen molar-refractivity contribution in [1.29, 1.82) is 0 Å². The lowest BCUT2D eigenvalue weighted by Crippen LogP contribution is -2.57. The number of benzene rings is 9. The fourth-order valence-corrected chi connectivity index (χ4v) is 15.5. The summed E-state index contributed by atoms with van der Waals surface area (Å²) in [6.07, 6.45) is 18.5. The molecule has 9 aromatic carbocycles. The Kier molecular flexibility index (Phi) is 13.5. The zero-order chi connectivity index (χ0) is 54.0. The van der Waals surface area contributed by atoms with Gasteiger partial charge in [-0.05, 0) is 153 Å². The molecule has 1 aromatic heterocycles. The molecular formula is C77H78BN. The minimum Gasteiger partial charge on any atom is -0.310 e. The van der Waals surface area contributed by atoms with Gasteiger partial charge in [-0.3, -0.25) is 0 Å². The predicted molar refractivity (Wildman–Crippen MR) is 342 cm³/mol. The molecule has 10 aromatic rings. The SMILES string of the molecule is CCCCCCCCC1(CCCCCCCC)c2ccccc2-c2ccc(-c3ccc4c(c3)C(C)(C)c3cc(-c5ccc(-c6ccc7c(c6)B(c6c(C)cc(C)cc6C)c6cccc8c9ccccc9n-7c68)cc5)ccc3-4)cc21. The Labute approximate surface area is 472 Å². The fraction of sp³-hybridized carbons (Fsp3) is 0.299. The molecule has 0 amide bonds. The summed E-state index contributed by atoms with van der Waals surface area (Å²) in [5.74, 6) is 0. The second-order valence-corrected chi connectivity index (χ2v) is 24.8. The molecule has 0 saturated heterocycles. The molecule has 2 heterocycles. The van der Waals surface area contributed by atoms with E-state index >= 15 is 0 Å².